The van der Waals surface area contributed by atoms with Gasteiger partial charge in [0.05, 0.1) is 22.0 Å². The van der Waals surface area contributed by atoms with E-state index >= 15 is 0 Å². The van der Waals surface area contributed by atoms with Gasteiger partial charge in [0.1, 0.15) is 17.3 Å². The summed E-state index contributed by atoms with van der Waals surface area (Å²) < 4.78 is 5.76. The van der Waals surface area contributed by atoms with Crippen molar-refractivity contribution < 1.29 is 19.4 Å². The number of aliphatic hydroxyl groups excluding tert-OH is 1. The second-order valence-corrected chi connectivity index (χ2v) is 5.86. The molecule has 2 aromatic heterocycles. The van der Waals surface area contributed by atoms with Crippen LogP contribution in [-0.2, 0) is 0 Å². The molecule has 0 bridgehead atoms. The molecule has 0 aliphatic carbocycles. The zero-order valence-corrected chi connectivity index (χ0v) is 13.4. The van der Waals surface area contributed by atoms with Crippen molar-refractivity contribution >= 4 is 27.9 Å². The summed E-state index contributed by atoms with van der Waals surface area (Å²) in [5.74, 6) is -1.11. The molecular formula is C20H13NO5. The monoisotopic (exact) mass is 347 g/mol. The fraction of sp³-hybridized carbons (Fsp3) is 0.0500. The quantitative estimate of drug-likeness (QED) is 0.552. The van der Waals surface area contributed by atoms with Gasteiger partial charge in [-0.3, -0.25) is 9.78 Å². The van der Waals surface area contributed by atoms with Crippen molar-refractivity contribution in [2.75, 3.05) is 0 Å². The van der Waals surface area contributed by atoms with Gasteiger partial charge < -0.3 is 14.6 Å². The van der Waals surface area contributed by atoms with Crippen LogP contribution in [-0.4, -0.2) is 21.2 Å². The van der Waals surface area contributed by atoms with Gasteiger partial charge in [0, 0.05) is 6.20 Å². The lowest BCUT2D eigenvalue weighted by Gasteiger charge is -2.11. The van der Waals surface area contributed by atoms with Gasteiger partial charge in [-0.15, -0.1) is 0 Å². The van der Waals surface area contributed by atoms with Gasteiger partial charge in [-0.05, 0) is 48.0 Å². The van der Waals surface area contributed by atoms with Crippen molar-refractivity contribution in [3.63, 3.8) is 0 Å². The van der Waals surface area contributed by atoms with Crippen molar-refractivity contribution in [3.8, 4) is 0 Å². The van der Waals surface area contributed by atoms with Gasteiger partial charge >= 0.3 is 5.97 Å². The van der Waals surface area contributed by atoms with Crippen molar-refractivity contribution in [1.29, 1.82) is 0 Å². The van der Waals surface area contributed by atoms with Crippen molar-refractivity contribution in [1.82, 2.24) is 4.98 Å². The maximum absolute atomic E-state index is 12.7. The summed E-state index contributed by atoms with van der Waals surface area (Å²) in [6.45, 7) is 0. The molecule has 6 nitrogen and oxygen atoms in total. The first-order valence-electron chi connectivity index (χ1n) is 7.87. The number of rotatable bonds is 3. The number of aromatic carboxylic acids is 1. The Morgan fingerprint density at radius 1 is 1.00 bits per heavy atom. The van der Waals surface area contributed by atoms with Crippen LogP contribution in [0.25, 0.3) is 21.9 Å². The number of aromatic nitrogens is 1. The van der Waals surface area contributed by atoms with Gasteiger partial charge in [-0.2, -0.15) is 0 Å². The van der Waals surface area contributed by atoms with Gasteiger partial charge in [-0.25, -0.2) is 4.79 Å². The molecule has 4 aromatic rings. The minimum atomic E-state index is -1.11. The minimum absolute atomic E-state index is 0.0198. The first kappa shape index (κ1) is 16.0. The van der Waals surface area contributed by atoms with E-state index in [9.17, 15) is 14.7 Å². The molecule has 0 saturated carbocycles. The second-order valence-electron chi connectivity index (χ2n) is 5.86. The van der Waals surface area contributed by atoms with Crippen LogP contribution in [0.5, 0.6) is 0 Å². The molecule has 0 fully saturated rings. The number of benzene rings is 2. The third-order valence-electron chi connectivity index (χ3n) is 4.23. The Morgan fingerprint density at radius 3 is 2.58 bits per heavy atom. The topological polar surface area (TPSA) is 101 Å². The lowest BCUT2D eigenvalue weighted by Crippen LogP contribution is -2.06. The molecule has 0 spiro atoms. The van der Waals surface area contributed by atoms with Crippen LogP contribution < -0.4 is 5.43 Å². The molecule has 0 aliphatic heterocycles. The first-order valence-corrected chi connectivity index (χ1v) is 7.87. The molecule has 2 aromatic carbocycles. The van der Waals surface area contributed by atoms with E-state index in [2.05, 4.69) is 4.98 Å². The van der Waals surface area contributed by atoms with Crippen LogP contribution in [0.3, 0.4) is 0 Å². The molecular weight excluding hydrogens is 334 g/mol. The number of carbonyl (C=O) groups is 1. The van der Waals surface area contributed by atoms with Gasteiger partial charge in [-0.1, -0.05) is 12.1 Å². The van der Waals surface area contributed by atoms with Crippen LogP contribution in [0.2, 0.25) is 0 Å². The van der Waals surface area contributed by atoms with E-state index in [-0.39, 0.29) is 22.0 Å². The van der Waals surface area contributed by atoms with Gasteiger partial charge in [0.15, 0.2) is 0 Å². The Kier molecular flexibility index (Phi) is 3.74. The molecule has 0 saturated heterocycles. The summed E-state index contributed by atoms with van der Waals surface area (Å²) in [5.41, 5.74) is 1.34. The molecule has 6 heteroatoms. The maximum Gasteiger partial charge on any atom is 0.335 e. The first-order chi connectivity index (χ1) is 12.5. The fourth-order valence-electron chi connectivity index (χ4n) is 2.88. The molecule has 128 valence electrons. The summed E-state index contributed by atoms with van der Waals surface area (Å²) >= 11 is 0. The summed E-state index contributed by atoms with van der Waals surface area (Å²) in [4.78, 5) is 27.9. The highest BCUT2D eigenvalue weighted by Crippen LogP contribution is 2.25. The Hall–Kier alpha value is -3.51. The van der Waals surface area contributed by atoms with E-state index in [1.54, 1.807) is 42.6 Å². The largest absolute Gasteiger partial charge is 0.478 e. The van der Waals surface area contributed by atoms with E-state index in [1.165, 1.54) is 18.2 Å². The van der Waals surface area contributed by atoms with Crippen molar-refractivity contribution in [3.05, 3.63) is 87.8 Å². The van der Waals surface area contributed by atoms with E-state index in [0.717, 1.165) is 0 Å². The number of pyridine rings is 1. The predicted octanol–water partition coefficient (Wildman–Crippen LogP) is 3.12. The molecule has 0 amide bonds. The number of carboxylic acid groups (broad SMARTS) is 1. The van der Waals surface area contributed by atoms with Crippen LogP contribution in [0.1, 0.15) is 27.7 Å². The standard InChI is InChI=1S/C20H13NO5/c22-18(15-3-1-2-8-21-15)11-4-6-13-17(10-11)26-16-7-5-12(20(24)25)9-14(16)19(13)23/h1-10,18,22H,(H,24,25). The smallest absolute Gasteiger partial charge is 0.335 e. The number of hydrogen-bond acceptors (Lipinski definition) is 5. The summed E-state index contributed by atoms with van der Waals surface area (Å²) in [6, 6.07) is 14.2. The number of aliphatic hydroxyl groups is 1. The average Bonchev–Trinajstić information content (AvgIpc) is 2.67. The van der Waals surface area contributed by atoms with E-state index in [0.29, 0.717) is 22.2 Å². The summed E-state index contributed by atoms with van der Waals surface area (Å²) in [5, 5.41) is 20.1. The minimum Gasteiger partial charge on any atom is -0.478 e. The Labute approximate surface area is 147 Å². The summed E-state index contributed by atoms with van der Waals surface area (Å²) in [6.07, 6.45) is 0.642. The van der Waals surface area contributed by atoms with Crippen molar-refractivity contribution in [2.45, 2.75) is 6.10 Å². The summed E-state index contributed by atoms with van der Waals surface area (Å²) in [7, 11) is 0. The van der Waals surface area contributed by atoms with Crippen molar-refractivity contribution in [2.24, 2.45) is 0 Å². The SMILES string of the molecule is O=C(O)c1ccc2oc3cc(C(O)c4ccccn4)ccc3c(=O)c2c1. The molecule has 26 heavy (non-hydrogen) atoms. The molecule has 0 aliphatic rings. The zero-order chi connectivity index (χ0) is 18.3. The highest BCUT2D eigenvalue weighted by molar-refractivity contribution is 5.96. The Balaban J connectivity index is 1.89. The van der Waals surface area contributed by atoms with Crippen LogP contribution in [0.4, 0.5) is 0 Å². The van der Waals surface area contributed by atoms with Crippen LogP contribution in [0, 0.1) is 0 Å². The zero-order valence-electron chi connectivity index (χ0n) is 13.4. The Bertz CT molecular complexity index is 1200. The second kappa shape index (κ2) is 6.09. The third-order valence-corrected chi connectivity index (χ3v) is 4.23. The number of nitrogens with zero attached hydrogens (tertiary/aromatic N) is 1. The molecule has 2 N–H and O–H groups in total. The van der Waals surface area contributed by atoms with Gasteiger partial charge in [0.25, 0.3) is 0 Å². The fourth-order valence-corrected chi connectivity index (χ4v) is 2.88. The van der Waals surface area contributed by atoms with Gasteiger partial charge in [0.2, 0.25) is 5.43 Å². The van der Waals surface area contributed by atoms with E-state index < -0.39 is 12.1 Å². The van der Waals surface area contributed by atoms with Crippen LogP contribution >= 0.6 is 0 Å². The normalized spacial score (nSPS) is 12.3. The van der Waals surface area contributed by atoms with E-state index in [4.69, 9.17) is 9.52 Å². The lowest BCUT2D eigenvalue weighted by atomic mass is 10.0. The molecule has 0 radical (unpaired) electrons. The Morgan fingerprint density at radius 2 is 1.85 bits per heavy atom. The number of fused-ring (bicyclic) bond motifs is 2. The molecule has 4 rings (SSSR count). The molecule has 2 heterocycles. The molecule has 1 unspecified atom stereocenters. The average molecular weight is 347 g/mol. The third kappa shape index (κ3) is 2.62. The highest BCUT2D eigenvalue weighted by atomic mass is 16.4. The maximum atomic E-state index is 12.7. The predicted molar refractivity (Wildman–Crippen MR) is 95.2 cm³/mol. The number of hydrogen-bond donors (Lipinski definition) is 2. The molecule has 1 atom stereocenters. The van der Waals surface area contributed by atoms with Crippen LogP contribution in [0.15, 0.2) is 70.0 Å². The number of carboxylic acids is 1. The lowest BCUT2D eigenvalue weighted by molar-refractivity contribution is 0.0697. The highest BCUT2D eigenvalue weighted by Gasteiger charge is 2.15. The van der Waals surface area contributed by atoms with E-state index in [1.807, 2.05) is 0 Å².